The lowest BCUT2D eigenvalue weighted by molar-refractivity contribution is -0.138. The van der Waals surface area contributed by atoms with Crippen molar-refractivity contribution >= 4 is 18.6 Å². The Morgan fingerprint density at radius 2 is 1.57 bits per heavy atom. The Morgan fingerprint density at radius 3 is 1.98 bits per heavy atom. The summed E-state index contributed by atoms with van der Waals surface area (Å²) in [6.07, 6.45) is 10.3. The topological polar surface area (TPSA) is 132 Å². The van der Waals surface area contributed by atoms with E-state index in [4.69, 9.17) is 11.6 Å². The maximum atomic E-state index is 14.2. The molecule has 5 N–H and O–H groups in total. The maximum absolute atomic E-state index is 14.2. The largest absolute Gasteiger partial charge is 0.419 e. The van der Waals surface area contributed by atoms with Gasteiger partial charge in [0, 0.05) is 38.3 Å². The molecule has 1 aliphatic rings. The molecular formula is C28H40F5N7O2. The summed E-state index contributed by atoms with van der Waals surface area (Å²) in [5.41, 5.74) is 8.98. The Labute approximate surface area is 243 Å². The summed E-state index contributed by atoms with van der Waals surface area (Å²) in [5.74, 6) is 3.84. The number of aromatic nitrogens is 2. The second-order valence-corrected chi connectivity index (χ2v) is 8.90. The zero-order valence-electron chi connectivity index (χ0n) is 24.5. The van der Waals surface area contributed by atoms with E-state index in [9.17, 15) is 26.7 Å². The first-order chi connectivity index (χ1) is 19.9. The van der Waals surface area contributed by atoms with Crippen LogP contribution in [0.15, 0.2) is 47.1 Å². The number of hydrazone groups is 1. The predicted octanol–water partition coefficient (Wildman–Crippen LogP) is 6.19. The average Bonchev–Trinajstić information content (AvgIpc) is 3.00. The highest BCUT2D eigenvalue weighted by molar-refractivity contribution is 5.84. The van der Waals surface area contributed by atoms with Gasteiger partial charge >= 0.3 is 6.18 Å². The van der Waals surface area contributed by atoms with Crippen LogP contribution >= 0.6 is 0 Å². The maximum Gasteiger partial charge on any atom is 0.419 e. The fourth-order valence-electron chi connectivity index (χ4n) is 3.18. The zero-order valence-corrected chi connectivity index (χ0v) is 24.5. The van der Waals surface area contributed by atoms with Crippen molar-refractivity contribution in [1.29, 1.82) is 0 Å². The fourth-order valence-corrected chi connectivity index (χ4v) is 3.18. The minimum absolute atomic E-state index is 0.0230. The van der Waals surface area contributed by atoms with Gasteiger partial charge < -0.3 is 11.2 Å². The number of alkyl halides is 4. The van der Waals surface area contributed by atoms with E-state index >= 15 is 0 Å². The second-order valence-electron chi connectivity index (χ2n) is 8.90. The molecule has 2 aromatic rings. The highest BCUT2D eigenvalue weighted by Crippen LogP contribution is 2.30. The predicted molar refractivity (Wildman–Crippen MR) is 155 cm³/mol. The molecule has 14 heteroatoms. The smallest absolute Gasteiger partial charge is 0.397 e. The van der Waals surface area contributed by atoms with Gasteiger partial charge in [-0.2, -0.15) is 29.1 Å². The molecule has 1 aliphatic carbocycles. The molecule has 0 saturated heterocycles. The van der Waals surface area contributed by atoms with Crippen LogP contribution in [0.5, 0.6) is 0 Å². The Morgan fingerprint density at radius 1 is 1.05 bits per heavy atom. The molecular weight excluding hydrogens is 561 g/mol. The molecule has 1 heterocycles. The van der Waals surface area contributed by atoms with Gasteiger partial charge in [-0.3, -0.25) is 9.18 Å². The highest BCUT2D eigenvalue weighted by Gasteiger charge is 2.31. The summed E-state index contributed by atoms with van der Waals surface area (Å²) in [4.78, 5) is 22.5. The standard InChI is InChI=1S/C15H12F4N4O2.C6H13N3.C6H12.CH3F/c1-23(25-20)3-2-9-4-12(13(16)5-10(9)8-24)14-21-6-11(7-22-14)15(17,18)19;1-5(2)6(7)4-9-8-3;1-2-4-6-5-3-1;1-2/h2-8H,20H2,1H3;4,8H,7H2,1-3H3;1-6H2;1H3/b3-2-;9-4-;;. The average molecular weight is 602 g/mol. The Balaban J connectivity index is 0.000000805. The number of aldehydes is 1. The molecule has 1 saturated carbocycles. The van der Waals surface area contributed by atoms with E-state index in [1.165, 1.54) is 63.9 Å². The quantitative estimate of drug-likeness (QED) is 0.148. The summed E-state index contributed by atoms with van der Waals surface area (Å²) in [7, 11) is 3.70. The number of hydrogen-bond acceptors (Lipinski definition) is 9. The first-order valence-corrected chi connectivity index (χ1v) is 12.9. The lowest BCUT2D eigenvalue weighted by atomic mass is 10.0. The van der Waals surface area contributed by atoms with Crippen molar-refractivity contribution in [2.75, 3.05) is 21.3 Å². The monoisotopic (exact) mass is 601 g/mol. The van der Waals surface area contributed by atoms with Crippen LogP contribution in [0.4, 0.5) is 22.0 Å². The minimum Gasteiger partial charge on any atom is -0.397 e. The van der Waals surface area contributed by atoms with Gasteiger partial charge in [0.1, 0.15) is 5.82 Å². The molecule has 0 radical (unpaired) electrons. The molecule has 0 spiro atoms. The summed E-state index contributed by atoms with van der Waals surface area (Å²) in [6, 6.07) is 2.18. The van der Waals surface area contributed by atoms with Crippen molar-refractivity contribution < 1.29 is 31.7 Å². The number of nitrogens with one attached hydrogen (secondary N) is 1. The van der Waals surface area contributed by atoms with Crippen LogP contribution in [-0.2, 0) is 11.1 Å². The molecule has 1 aromatic heterocycles. The number of halogens is 5. The van der Waals surface area contributed by atoms with Gasteiger partial charge in [-0.1, -0.05) is 44.1 Å². The Kier molecular flexibility index (Phi) is 18.9. The van der Waals surface area contributed by atoms with E-state index in [0.29, 0.717) is 31.6 Å². The Bertz CT molecular complexity index is 1140. The number of benzene rings is 1. The normalized spacial score (nSPS) is 12.6. The van der Waals surface area contributed by atoms with E-state index in [1.807, 2.05) is 13.8 Å². The van der Waals surface area contributed by atoms with Gasteiger partial charge in [0.2, 0.25) is 0 Å². The lowest BCUT2D eigenvalue weighted by Crippen LogP contribution is -2.15. The van der Waals surface area contributed by atoms with Crippen molar-refractivity contribution in [2.24, 2.45) is 16.7 Å². The molecule has 42 heavy (non-hydrogen) atoms. The molecule has 234 valence electrons. The van der Waals surface area contributed by atoms with Crippen LogP contribution in [0.2, 0.25) is 0 Å². The molecule has 0 amide bonds. The first-order valence-electron chi connectivity index (χ1n) is 12.9. The van der Waals surface area contributed by atoms with Crippen molar-refractivity contribution in [3.63, 3.8) is 0 Å². The number of rotatable bonds is 7. The van der Waals surface area contributed by atoms with Crippen LogP contribution < -0.4 is 17.1 Å². The summed E-state index contributed by atoms with van der Waals surface area (Å²) in [6.45, 7) is 3.88. The van der Waals surface area contributed by atoms with Gasteiger partial charge in [0.25, 0.3) is 0 Å². The number of allylic oxidation sites excluding steroid dienone is 2. The van der Waals surface area contributed by atoms with E-state index in [2.05, 4.69) is 25.4 Å². The third-order valence-electron chi connectivity index (χ3n) is 5.56. The van der Waals surface area contributed by atoms with Crippen molar-refractivity contribution in [1.82, 2.24) is 20.5 Å². The number of carbonyl (C=O) groups excluding carboxylic acids is 1. The van der Waals surface area contributed by atoms with Crippen LogP contribution in [0.1, 0.15) is 73.9 Å². The molecule has 0 unspecified atom stereocenters. The van der Waals surface area contributed by atoms with Gasteiger partial charge in [0.05, 0.1) is 30.2 Å². The molecule has 3 rings (SSSR count). The summed E-state index contributed by atoms with van der Waals surface area (Å²) >= 11 is 0. The number of nitrogens with two attached hydrogens (primary N) is 2. The second kappa shape index (κ2) is 20.9. The van der Waals surface area contributed by atoms with Crippen molar-refractivity contribution in [3.8, 4) is 11.4 Å². The Hall–Kier alpha value is -3.91. The van der Waals surface area contributed by atoms with E-state index in [-0.39, 0.29) is 22.5 Å². The first kappa shape index (κ1) is 38.1. The highest BCUT2D eigenvalue weighted by atomic mass is 19.4. The molecule has 1 fully saturated rings. The molecule has 9 nitrogen and oxygen atoms in total. The molecule has 0 bridgehead atoms. The van der Waals surface area contributed by atoms with Crippen molar-refractivity contribution in [2.45, 2.75) is 58.5 Å². The number of nitrogens with zero attached hydrogens (tertiary/aromatic N) is 4. The van der Waals surface area contributed by atoms with Crippen LogP contribution in [0.3, 0.4) is 0 Å². The van der Waals surface area contributed by atoms with Gasteiger partial charge in [-0.05, 0) is 37.6 Å². The van der Waals surface area contributed by atoms with E-state index in [1.54, 1.807) is 13.3 Å². The molecule has 0 aliphatic heterocycles. The van der Waals surface area contributed by atoms with Crippen LogP contribution in [-0.4, -0.2) is 48.8 Å². The van der Waals surface area contributed by atoms with E-state index < -0.39 is 17.6 Å². The fraction of sp³-hybridized carbons (Fsp3) is 0.429. The molecule has 1 aromatic carbocycles. The summed E-state index contributed by atoms with van der Waals surface area (Å²) in [5, 5.41) is 4.85. The van der Waals surface area contributed by atoms with Crippen LogP contribution in [0.25, 0.3) is 17.5 Å². The third-order valence-corrected chi connectivity index (χ3v) is 5.56. The SMILES string of the molecule is C1CCCCC1.CF.CN(/C=C\c1cc(-c2ncc(C(F)(F)F)cn2)c(F)cc1C=O)ON.CN/N=C\C(N)=C(C)C. The number of hydroxylamine groups is 2. The van der Waals surface area contributed by atoms with Gasteiger partial charge in [0.15, 0.2) is 12.1 Å². The summed E-state index contributed by atoms with van der Waals surface area (Å²) < 4.78 is 61.3. The number of carbonyl (C=O) groups is 1. The number of hydrogen-bond donors (Lipinski definition) is 3. The van der Waals surface area contributed by atoms with Crippen molar-refractivity contribution in [3.05, 3.63) is 64.5 Å². The van der Waals surface area contributed by atoms with E-state index in [0.717, 1.165) is 16.7 Å². The lowest BCUT2D eigenvalue weighted by Gasteiger charge is -2.10. The minimum atomic E-state index is -4.60. The molecule has 0 atom stereocenters. The van der Waals surface area contributed by atoms with Crippen LogP contribution in [0, 0.1) is 5.82 Å². The third kappa shape index (κ3) is 14.6. The van der Waals surface area contributed by atoms with Gasteiger partial charge in [-0.15, -0.1) is 0 Å². The van der Waals surface area contributed by atoms with Gasteiger partial charge in [-0.25, -0.2) is 19.4 Å². The zero-order chi connectivity index (χ0) is 32.1.